The first-order valence-corrected chi connectivity index (χ1v) is 22.6. The lowest BCUT2D eigenvalue weighted by Gasteiger charge is -2.19. The van der Waals surface area contributed by atoms with Gasteiger partial charge in [0.1, 0.15) is 8.07 Å². The Bertz CT molecular complexity index is 3610. The number of benzene rings is 8. The number of fused-ring (bicyclic) bond motifs is 13. The highest BCUT2D eigenvalue weighted by Crippen LogP contribution is 2.43. The van der Waals surface area contributed by atoms with Crippen LogP contribution in [0.5, 0.6) is 0 Å². The number of nitrogens with zero attached hydrogens (tertiary/aromatic N) is 5. The van der Waals surface area contributed by atoms with E-state index in [1.807, 2.05) is 36.4 Å². The third kappa shape index (κ3) is 4.27. The van der Waals surface area contributed by atoms with Crippen LogP contribution in [-0.4, -0.2) is 21.8 Å². The molecule has 11 aromatic rings. The molecule has 5 nitrogen and oxygen atoms in total. The largest absolute Gasteiger partial charge is 0.309 e. The SMILES string of the molecule is C[Si]1(C)c2ccc(-n3c4ccc(C#N)cc4c4cc(C#N)ccc43)cc2-c2cc(-n3c4ccccc4c4c5c6ccccc6n(-c6ccccc6)c5ccc43)ccc21. The van der Waals surface area contributed by atoms with E-state index in [9.17, 15) is 10.5 Å². The molecule has 0 spiro atoms. The van der Waals surface area contributed by atoms with Crippen molar-refractivity contribution in [2.24, 2.45) is 0 Å². The van der Waals surface area contributed by atoms with Crippen molar-refractivity contribution in [1.29, 1.82) is 10.5 Å². The maximum atomic E-state index is 9.77. The van der Waals surface area contributed by atoms with Gasteiger partial charge in [-0.3, -0.25) is 0 Å². The van der Waals surface area contributed by atoms with Crippen LogP contribution in [0.4, 0.5) is 0 Å². The van der Waals surface area contributed by atoms with Crippen LogP contribution in [0, 0.1) is 22.7 Å². The molecule has 1 aliphatic heterocycles. The van der Waals surface area contributed by atoms with Crippen molar-refractivity contribution in [3.05, 3.63) is 175 Å². The zero-order chi connectivity index (χ0) is 38.9. The summed E-state index contributed by atoms with van der Waals surface area (Å²) in [5, 5.41) is 29.4. The fourth-order valence-electron chi connectivity index (χ4n) is 10.1. The number of hydrogen-bond donors (Lipinski definition) is 0. The van der Waals surface area contributed by atoms with Gasteiger partial charge >= 0.3 is 0 Å². The van der Waals surface area contributed by atoms with Crippen molar-refractivity contribution >= 4 is 83.9 Å². The summed E-state index contributed by atoms with van der Waals surface area (Å²) >= 11 is 0. The van der Waals surface area contributed by atoms with E-state index in [2.05, 4.69) is 166 Å². The highest BCUT2D eigenvalue weighted by Gasteiger charge is 2.38. The Morgan fingerprint density at radius 3 is 1.29 bits per heavy atom. The van der Waals surface area contributed by atoms with Gasteiger partial charge in [0, 0.05) is 49.4 Å². The van der Waals surface area contributed by atoms with Crippen LogP contribution in [0.1, 0.15) is 11.1 Å². The number of para-hydroxylation sites is 3. The molecule has 270 valence electrons. The van der Waals surface area contributed by atoms with E-state index in [4.69, 9.17) is 0 Å². The Hall–Kier alpha value is -7.64. The topological polar surface area (TPSA) is 62.4 Å². The second-order valence-electron chi connectivity index (χ2n) is 16.0. The number of rotatable bonds is 3. The summed E-state index contributed by atoms with van der Waals surface area (Å²) in [5.41, 5.74) is 13.9. The smallest absolute Gasteiger partial charge is 0.113 e. The molecule has 0 N–H and O–H groups in total. The predicted molar refractivity (Wildman–Crippen MR) is 241 cm³/mol. The average molecular weight is 756 g/mol. The molecule has 0 saturated heterocycles. The maximum absolute atomic E-state index is 9.77. The molecule has 6 heteroatoms. The Labute approximate surface area is 335 Å². The normalized spacial score (nSPS) is 13.1. The summed E-state index contributed by atoms with van der Waals surface area (Å²) in [6, 6.07) is 63.4. The highest BCUT2D eigenvalue weighted by molar-refractivity contribution is 7.03. The predicted octanol–water partition coefficient (Wildman–Crippen LogP) is 11.5. The van der Waals surface area contributed by atoms with Gasteiger partial charge in [0.25, 0.3) is 0 Å². The lowest BCUT2D eigenvalue weighted by molar-refractivity contribution is 1.17. The lowest BCUT2D eigenvalue weighted by atomic mass is 10.0. The molecule has 0 saturated carbocycles. The zero-order valence-electron chi connectivity index (χ0n) is 31.8. The maximum Gasteiger partial charge on any atom is 0.113 e. The van der Waals surface area contributed by atoms with E-state index in [0.29, 0.717) is 11.1 Å². The van der Waals surface area contributed by atoms with Crippen LogP contribution in [-0.2, 0) is 0 Å². The third-order valence-corrected chi connectivity index (χ3v) is 16.2. The van der Waals surface area contributed by atoms with Gasteiger partial charge in [-0.1, -0.05) is 79.8 Å². The summed E-state index contributed by atoms with van der Waals surface area (Å²) in [6.45, 7) is 4.92. The van der Waals surface area contributed by atoms with Crippen LogP contribution < -0.4 is 10.4 Å². The molecule has 0 fully saturated rings. The first-order chi connectivity index (χ1) is 28.4. The zero-order valence-corrected chi connectivity index (χ0v) is 32.8. The summed E-state index contributed by atoms with van der Waals surface area (Å²) in [4.78, 5) is 0. The molecule has 1 aliphatic rings. The summed E-state index contributed by atoms with van der Waals surface area (Å²) in [5.74, 6) is 0. The molecule has 0 bridgehead atoms. The first-order valence-electron chi connectivity index (χ1n) is 19.6. The lowest BCUT2D eigenvalue weighted by Crippen LogP contribution is -2.49. The third-order valence-electron chi connectivity index (χ3n) is 12.7. The minimum absolute atomic E-state index is 0.602. The molecule has 58 heavy (non-hydrogen) atoms. The molecule has 4 heterocycles. The fraction of sp³-hybridized carbons (Fsp3) is 0.0385. The van der Waals surface area contributed by atoms with E-state index >= 15 is 0 Å². The Morgan fingerprint density at radius 2 is 0.793 bits per heavy atom. The van der Waals surface area contributed by atoms with Gasteiger partial charge in [-0.25, -0.2) is 0 Å². The second-order valence-corrected chi connectivity index (χ2v) is 20.3. The molecule has 0 aliphatic carbocycles. The second kappa shape index (κ2) is 11.7. The monoisotopic (exact) mass is 755 g/mol. The molecular formula is C52H33N5Si. The van der Waals surface area contributed by atoms with Crippen LogP contribution >= 0.6 is 0 Å². The van der Waals surface area contributed by atoms with E-state index < -0.39 is 8.07 Å². The molecular weight excluding hydrogens is 723 g/mol. The average Bonchev–Trinajstić information content (AvgIpc) is 3.96. The molecule has 12 rings (SSSR count). The van der Waals surface area contributed by atoms with E-state index in [0.717, 1.165) is 38.9 Å². The van der Waals surface area contributed by atoms with Crippen molar-refractivity contribution < 1.29 is 0 Å². The molecule has 0 atom stereocenters. The molecule has 0 unspecified atom stereocenters. The van der Waals surface area contributed by atoms with Crippen molar-refractivity contribution in [2.45, 2.75) is 13.1 Å². The van der Waals surface area contributed by atoms with E-state index in [1.165, 1.54) is 65.1 Å². The van der Waals surface area contributed by atoms with Gasteiger partial charge in [0.05, 0.1) is 56.4 Å². The minimum atomic E-state index is -2.03. The summed E-state index contributed by atoms with van der Waals surface area (Å²) < 4.78 is 7.14. The van der Waals surface area contributed by atoms with Gasteiger partial charge in [-0.2, -0.15) is 10.5 Å². The number of hydrogen-bond acceptors (Lipinski definition) is 2. The van der Waals surface area contributed by atoms with Gasteiger partial charge in [-0.05, 0) is 119 Å². The van der Waals surface area contributed by atoms with Crippen LogP contribution in [0.15, 0.2) is 164 Å². The van der Waals surface area contributed by atoms with Gasteiger partial charge in [0.15, 0.2) is 0 Å². The highest BCUT2D eigenvalue weighted by atomic mass is 28.3. The molecule has 8 aromatic carbocycles. The first kappa shape index (κ1) is 32.6. The van der Waals surface area contributed by atoms with Crippen molar-refractivity contribution in [2.75, 3.05) is 0 Å². The van der Waals surface area contributed by atoms with Crippen LogP contribution in [0.2, 0.25) is 13.1 Å². The van der Waals surface area contributed by atoms with E-state index in [-0.39, 0.29) is 0 Å². The Kier molecular flexibility index (Phi) is 6.57. The van der Waals surface area contributed by atoms with E-state index in [1.54, 1.807) is 0 Å². The van der Waals surface area contributed by atoms with Crippen molar-refractivity contribution in [3.8, 4) is 40.3 Å². The Balaban J connectivity index is 1.10. The van der Waals surface area contributed by atoms with Crippen molar-refractivity contribution in [3.63, 3.8) is 0 Å². The molecule has 3 aromatic heterocycles. The molecule has 0 amide bonds. The minimum Gasteiger partial charge on any atom is -0.309 e. The standard InChI is InChI=1S/C52H33N5Si/c1-58(2)49-24-18-35(56-45-20-16-32(30-53)26-39(45)40-27-33(31-54)17-21-46(40)56)28-41(49)42-29-36(19-25-50(42)58)57-44-15-9-7-13-38(44)52-48(57)23-22-47-51(52)37-12-6-8-14-43(37)55(47)34-10-4-3-5-11-34/h3-29H,1-2H3. The quantitative estimate of drug-likeness (QED) is 0.169. The number of aromatic nitrogens is 3. The van der Waals surface area contributed by atoms with Crippen molar-refractivity contribution in [1.82, 2.24) is 13.7 Å². The van der Waals surface area contributed by atoms with Crippen LogP contribution in [0.3, 0.4) is 0 Å². The molecule has 0 radical (unpaired) electrons. The summed E-state index contributed by atoms with van der Waals surface area (Å²) in [6.07, 6.45) is 0. The van der Waals surface area contributed by atoms with Crippen LogP contribution in [0.25, 0.3) is 93.6 Å². The van der Waals surface area contributed by atoms with Gasteiger partial charge < -0.3 is 13.7 Å². The fourth-order valence-corrected chi connectivity index (χ4v) is 13.2. The number of nitriles is 2. The Morgan fingerprint density at radius 1 is 0.379 bits per heavy atom. The summed E-state index contributed by atoms with van der Waals surface area (Å²) in [7, 11) is -2.03. The van der Waals surface area contributed by atoms with Gasteiger partial charge in [0.2, 0.25) is 0 Å². The van der Waals surface area contributed by atoms with Gasteiger partial charge in [-0.15, -0.1) is 0 Å².